The molecule has 1 N–H and O–H groups in total. The molecule has 0 spiro atoms. The quantitative estimate of drug-likeness (QED) is 0.665. The van der Waals surface area contributed by atoms with Gasteiger partial charge in [-0.1, -0.05) is 13.8 Å². The Balaban J connectivity index is 2.03. The lowest BCUT2D eigenvalue weighted by Gasteiger charge is -2.11. The first-order valence-corrected chi connectivity index (χ1v) is 5.19. The van der Waals surface area contributed by atoms with Gasteiger partial charge in [0.25, 0.3) is 0 Å². The molecule has 1 saturated heterocycles. The number of nitrogens with one attached hydrogen (secondary N) is 1. The van der Waals surface area contributed by atoms with E-state index >= 15 is 0 Å². The molecular formula is C10H19NO3. The van der Waals surface area contributed by atoms with Gasteiger partial charge in [-0.15, -0.1) is 0 Å². The van der Waals surface area contributed by atoms with Gasteiger partial charge in [0.2, 0.25) is 0 Å². The highest BCUT2D eigenvalue weighted by atomic mass is 16.6. The summed E-state index contributed by atoms with van der Waals surface area (Å²) in [6.45, 7) is 6.06. The summed E-state index contributed by atoms with van der Waals surface area (Å²) >= 11 is 0. The fraction of sp³-hybridized carbons (Fsp3) is 0.900. The summed E-state index contributed by atoms with van der Waals surface area (Å²) in [6.07, 6.45) is 1.26. The highest BCUT2D eigenvalue weighted by Gasteiger charge is 2.19. The zero-order valence-corrected chi connectivity index (χ0v) is 8.91. The van der Waals surface area contributed by atoms with Crippen LogP contribution in [0.2, 0.25) is 0 Å². The highest BCUT2D eigenvalue weighted by molar-refractivity contribution is 5.69. The predicted octanol–water partition coefficient (Wildman–Crippen LogP) is 0.707. The van der Waals surface area contributed by atoms with Gasteiger partial charge in [0.1, 0.15) is 6.10 Å². The molecule has 0 saturated carbocycles. The minimum Gasteiger partial charge on any atom is -0.460 e. The lowest BCUT2D eigenvalue weighted by atomic mass is 10.3. The molecule has 1 atom stereocenters. The van der Waals surface area contributed by atoms with E-state index in [-0.39, 0.29) is 12.1 Å². The third kappa shape index (κ3) is 4.58. The van der Waals surface area contributed by atoms with Gasteiger partial charge in [-0.05, 0) is 0 Å². The Labute approximate surface area is 85.0 Å². The second-order valence-electron chi connectivity index (χ2n) is 3.83. The molecule has 0 aliphatic carbocycles. The van der Waals surface area contributed by atoms with Crippen molar-refractivity contribution in [2.45, 2.75) is 38.8 Å². The third-order valence-electron chi connectivity index (χ3n) is 2.07. The minimum absolute atomic E-state index is 0.0125. The van der Waals surface area contributed by atoms with E-state index in [2.05, 4.69) is 19.2 Å². The van der Waals surface area contributed by atoms with E-state index in [1.807, 2.05) is 0 Å². The van der Waals surface area contributed by atoms with Crippen molar-refractivity contribution in [1.82, 2.24) is 5.32 Å². The molecule has 1 fully saturated rings. The van der Waals surface area contributed by atoms with Crippen molar-refractivity contribution in [1.29, 1.82) is 0 Å². The van der Waals surface area contributed by atoms with Crippen LogP contribution in [-0.4, -0.2) is 37.9 Å². The average molecular weight is 201 g/mol. The second-order valence-corrected chi connectivity index (χ2v) is 3.83. The van der Waals surface area contributed by atoms with Crippen molar-refractivity contribution >= 4 is 5.97 Å². The third-order valence-corrected chi connectivity index (χ3v) is 2.07. The maximum absolute atomic E-state index is 11.3. The van der Waals surface area contributed by atoms with Gasteiger partial charge in [0, 0.05) is 19.0 Å². The van der Waals surface area contributed by atoms with Crippen molar-refractivity contribution in [2.24, 2.45) is 0 Å². The number of ether oxygens (including phenoxy) is 2. The van der Waals surface area contributed by atoms with Gasteiger partial charge in [0.15, 0.2) is 0 Å². The number of carbonyl (C=O) groups excluding carboxylic acids is 1. The van der Waals surface area contributed by atoms with Crippen molar-refractivity contribution in [3.8, 4) is 0 Å². The standard InChI is InChI=1S/C10H19NO3/c1-8(2)11-5-3-10(12)14-9-4-6-13-7-9/h8-9,11H,3-7H2,1-2H3. The average Bonchev–Trinajstić information content (AvgIpc) is 2.56. The summed E-state index contributed by atoms with van der Waals surface area (Å²) in [5, 5.41) is 3.17. The maximum Gasteiger partial charge on any atom is 0.307 e. The highest BCUT2D eigenvalue weighted by Crippen LogP contribution is 2.08. The van der Waals surface area contributed by atoms with Gasteiger partial charge in [-0.25, -0.2) is 0 Å². The number of hydrogen-bond donors (Lipinski definition) is 1. The predicted molar refractivity (Wildman–Crippen MR) is 53.1 cm³/mol. The summed E-state index contributed by atoms with van der Waals surface area (Å²) in [5.74, 6) is -0.131. The molecule has 0 aromatic rings. The molecule has 0 aromatic heterocycles. The molecule has 0 aromatic carbocycles. The van der Waals surface area contributed by atoms with Gasteiger partial charge >= 0.3 is 5.97 Å². The van der Waals surface area contributed by atoms with E-state index in [0.29, 0.717) is 32.2 Å². The van der Waals surface area contributed by atoms with Crippen LogP contribution in [0.15, 0.2) is 0 Å². The second kappa shape index (κ2) is 5.98. The SMILES string of the molecule is CC(C)NCCC(=O)OC1CCOC1. The fourth-order valence-corrected chi connectivity index (χ4v) is 1.31. The van der Waals surface area contributed by atoms with Crippen LogP contribution >= 0.6 is 0 Å². The molecule has 4 heteroatoms. The Morgan fingerprint density at radius 1 is 1.64 bits per heavy atom. The summed E-state index contributed by atoms with van der Waals surface area (Å²) in [5.41, 5.74) is 0. The topological polar surface area (TPSA) is 47.6 Å². The lowest BCUT2D eigenvalue weighted by Crippen LogP contribution is -2.27. The lowest BCUT2D eigenvalue weighted by molar-refractivity contribution is -0.148. The molecule has 14 heavy (non-hydrogen) atoms. The summed E-state index contributed by atoms with van der Waals surface area (Å²) in [6, 6.07) is 0.414. The van der Waals surface area contributed by atoms with Crippen LogP contribution < -0.4 is 5.32 Å². The van der Waals surface area contributed by atoms with Gasteiger partial charge < -0.3 is 14.8 Å². The minimum atomic E-state index is -0.131. The zero-order valence-electron chi connectivity index (χ0n) is 8.91. The molecule has 0 bridgehead atoms. The maximum atomic E-state index is 11.3. The van der Waals surface area contributed by atoms with Crippen molar-refractivity contribution in [3.05, 3.63) is 0 Å². The van der Waals surface area contributed by atoms with E-state index in [1.165, 1.54) is 0 Å². The van der Waals surface area contributed by atoms with Crippen molar-refractivity contribution in [3.63, 3.8) is 0 Å². The first kappa shape index (κ1) is 11.5. The Hall–Kier alpha value is -0.610. The molecule has 1 heterocycles. The molecule has 4 nitrogen and oxygen atoms in total. The van der Waals surface area contributed by atoms with Crippen molar-refractivity contribution in [2.75, 3.05) is 19.8 Å². The monoisotopic (exact) mass is 201 g/mol. The van der Waals surface area contributed by atoms with Crippen LogP contribution in [0.4, 0.5) is 0 Å². The first-order chi connectivity index (χ1) is 6.68. The van der Waals surface area contributed by atoms with Gasteiger partial charge in [0.05, 0.1) is 19.6 Å². The number of esters is 1. The molecule has 82 valence electrons. The van der Waals surface area contributed by atoms with E-state index in [4.69, 9.17) is 9.47 Å². The molecular weight excluding hydrogens is 182 g/mol. The van der Waals surface area contributed by atoms with E-state index in [1.54, 1.807) is 0 Å². The Morgan fingerprint density at radius 2 is 2.43 bits per heavy atom. The fourth-order valence-electron chi connectivity index (χ4n) is 1.31. The number of hydrogen-bond acceptors (Lipinski definition) is 4. The number of carbonyl (C=O) groups is 1. The molecule has 0 amide bonds. The normalized spacial score (nSPS) is 21.5. The zero-order chi connectivity index (χ0) is 10.4. The Bertz CT molecular complexity index is 176. The largest absolute Gasteiger partial charge is 0.460 e. The van der Waals surface area contributed by atoms with Crippen LogP contribution in [-0.2, 0) is 14.3 Å². The van der Waals surface area contributed by atoms with Crippen LogP contribution in [0.25, 0.3) is 0 Å². The van der Waals surface area contributed by atoms with Gasteiger partial charge in [-0.3, -0.25) is 4.79 Å². The van der Waals surface area contributed by atoms with Crippen LogP contribution in [0.5, 0.6) is 0 Å². The summed E-state index contributed by atoms with van der Waals surface area (Å²) in [7, 11) is 0. The Morgan fingerprint density at radius 3 is 3.00 bits per heavy atom. The molecule has 0 radical (unpaired) electrons. The van der Waals surface area contributed by atoms with E-state index < -0.39 is 0 Å². The molecule has 1 aliphatic rings. The summed E-state index contributed by atoms with van der Waals surface area (Å²) in [4.78, 5) is 11.3. The first-order valence-electron chi connectivity index (χ1n) is 5.19. The van der Waals surface area contributed by atoms with Gasteiger partial charge in [-0.2, -0.15) is 0 Å². The van der Waals surface area contributed by atoms with Crippen molar-refractivity contribution < 1.29 is 14.3 Å². The molecule has 1 aliphatic heterocycles. The van der Waals surface area contributed by atoms with E-state index in [9.17, 15) is 4.79 Å². The van der Waals surface area contributed by atoms with E-state index in [0.717, 1.165) is 6.42 Å². The molecule has 1 unspecified atom stereocenters. The smallest absolute Gasteiger partial charge is 0.307 e. The van der Waals surface area contributed by atoms with Crippen LogP contribution in [0.1, 0.15) is 26.7 Å². The Kier molecular flexibility index (Phi) is 4.90. The number of rotatable bonds is 5. The summed E-state index contributed by atoms with van der Waals surface area (Å²) < 4.78 is 10.3. The van der Waals surface area contributed by atoms with Crippen LogP contribution in [0.3, 0.4) is 0 Å². The molecule has 1 rings (SSSR count). The van der Waals surface area contributed by atoms with Crippen LogP contribution in [0, 0.1) is 0 Å².